The Balaban J connectivity index is 1.90. The molecule has 1 aliphatic rings. The molecule has 2 N–H and O–H groups in total. The third kappa shape index (κ3) is 3.93. The Morgan fingerprint density at radius 2 is 2.12 bits per heavy atom. The molecule has 0 radical (unpaired) electrons. The second-order valence-corrected chi connectivity index (χ2v) is 5.43. The van der Waals surface area contributed by atoms with Gasteiger partial charge in [-0.3, -0.25) is 0 Å². The predicted molar refractivity (Wildman–Crippen MR) is 71.1 cm³/mol. The summed E-state index contributed by atoms with van der Waals surface area (Å²) in [5, 5.41) is 0.739. The molecule has 2 rings (SSSR count). The van der Waals surface area contributed by atoms with Crippen LogP contribution in [0, 0.1) is 0 Å². The Labute approximate surface area is 114 Å². The van der Waals surface area contributed by atoms with Gasteiger partial charge in [-0.05, 0) is 24.1 Å². The molecule has 1 fully saturated rings. The maximum absolute atomic E-state index is 6.14. The van der Waals surface area contributed by atoms with Crippen LogP contribution in [0.25, 0.3) is 0 Å². The normalized spacial score (nSPS) is 18.5. The summed E-state index contributed by atoms with van der Waals surface area (Å²) in [5.41, 5.74) is 7.12. The Kier molecular flexibility index (Phi) is 4.82. The molecule has 3 nitrogen and oxygen atoms in total. The molecule has 1 aromatic carbocycles. The molecule has 1 atom stereocenters. The number of nitrogens with two attached hydrogens (primary N) is 1. The molecule has 0 bridgehead atoms. The first-order valence-electron chi connectivity index (χ1n) is 5.58. The minimum absolute atomic E-state index is 0.00299. The number of halogens is 2. The number of hydrogen-bond acceptors (Lipinski definition) is 3. The first kappa shape index (κ1) is 13.3. The fourth-order valence-corrected chi connectivity index (χ4v) is 2.59. The fraction of sp³-hybridized carbons (Fsp3) is 0.500. The first-order valence-corrected chi connectivity index (χ1v) is 6.75. The summed E-state index contributed by atoms with van der Waals surface area (Å²) in [4.78, 5) is 0. The van der Waals surface area contributed by atoms with Gasteiger partial charge in [0.1, 0.15) is 0 Å². The average Bonchev–Trinajstić information content (AvgIpc) is 2.75. The SMILES string of the molecule is NC(Cc1ccc(Br)cc1Cl)CC1OCCO1. The highest BCUT2D eigenvalue weighted by molar-refractivity contribution is 9.10. The zero-order chi connectivity index (χ0) is 12.3. The van der Waals surface area contributed by atoms with E-state index in [1.807, 2.05) is 18.2 Å². The molecule has 0 spiro atoms. The van der Waals surface area contributed by atoms with Crippen molar-refractivity contribution in [2.24, 2.45) is 5.73 Å². The average molecular weight is 321 g/mol. The van der Waals surface area contributed by atoms with Gasteiger partial charge in [0.25, 0.3) is 0 Å². The monoisotopic (exact) mass is 319 g/mol. The van der Waals surface area contributed by atoms with Crippen LogP contribution < -0.4 is 5.73 Å². The zero-order valence-corrected chi connectivity index (χ0v) is 11.7. The van der Waals surface area contributed by atoms with Crippen molar-refractivity contribution in [2.45, 2.75) is 25.2 Å². The second-order valence-electron chi connectivity index (χ2n) is 4.11. The van der Waals surface area contributed by atoms with E-state index < -0.39 is 0 Å². The molecular weight excluding hydrogens is 305 g/mol. The zero-order valence-electron chi connectivity index (χ0n) is 9.36. The summed E-state index contributed by atoms with van der Waals surface area (Å²) in [6.07, 6.45) is 1.28. The van der Waals surface area contributed by atoms with E-state index in [4.69, 9.17) is 26.8 Å². The summed E-state index contributed by atoms with van der Waals surface area (Å²) in [7, 11) is 0. The van der Waals surface area contributed by atoms with E-state index in [1.54, 1.807) is 0 Å². The van der Waals surface area contributed by atoms with Crippen molar-refractivity contribution in [3.05, 3.63) is 33.3 Å². The van der Waals surface area contributed by atoms with Crippen molar-refractivity contribution in [1.82, 2.24) is 0 Å². The van der Waals surface area contributed by atoms with Gasteiger partial charge in [0.15, 0.2) is 6.29 Å². The van der Waals surface area contributed by atoms with E-state index in [9.17, 15) is 0 Å². The molecular formula is C12H15BrClNO2. The van der Waals surface area contributed by atoms with E-state index in [1.165, 1.54) is 0 Å². The second kappa shape index (κ2) is 6.16. The van der Waals surface area contributed by atoms with Gasteiger partial charge in [-0.25, -0.2) is 0 Å². The van der Waals surface area contributed by atoms with Gasteiger partial charge in [0, 0.05) is 22.0 Å². The lowest BCUT2D eigenvalue weighted by Gasteiger charge is -2.16. The van der Waals surface area contributed by atoms with Crippen LogP contribution in [-0.4, -0.2) is 25.5 Å². The number of rotatable bonds is 4. The molecule has 1 unspecified atom stereocenters. The van der Waals surface area contributed by atoms with Gasteiger partial charge in [-0.2, -0.15) is 0 Å². The largest absolute Gasteiger partial charge is 0.350 e. The van der Waals surface area contributed by atoms with Crippen molar-refractivity contribution >= 4 is 27.5 Å². The Bertz CT molecular complexity index is 383. The van der Waals surface area contributed by atoms with Gasteiger partial charge in [-0.15, -0.1) is 0 Å². The van der Waals surface area contributed by atoms with Gasteiger partial charge in [0.05, 0.1) is 13.2 Å². The van der Waals surface area contributed by atoms with Crippen LogP contribution in [0.1, 0.15) is 12.0 Å². The van der Waals surface area contributed by atoms with Crippen LogP contribution in [0.15, 0.2) is 22.7 Å². The standard InChI is InChI=1S/C12H15BrClNO2/c13-9-2-1-8(11(14)6-9)5-10(15)7-12-16-3-4-17-12/h1-2,6,10,12H,3-5,7,15H2. The predicted octanol–water partition coefficient (Wildman–Crippen LogP) is 2.74. The molecule has 5 heteroatoms. The maximum atomic E-state index is 6.14. The van der Waals surface area contributed by atoms with Crippen LogP contribution in [0.4, 0.5) is 0 Å². The van der Waals surface area contributed by atoms with Crippen LogP contribution in [0.2, 0.25) is 5.02 Å². The highest BCUT2D eigenvalue weighted by Crippen LogP contribution is 2.23. The number of hydrogen-bond donors (Lipinski definition) is 1. The summed E-state index contributed by atoms with van der Waals surface area (Å²) < 4.78 is 11.7. The molecule has 17 heavy (non-hydrogen) atoms. The smallest absolute Gasteiger partial charge is 0.159 e. The van der Waals surface area contributed by atoms with Crippen molar-refractivity contribution in [1.29, 1.82) is 0 Å². The lowest BCUT2D eigenvalue weighted by molar-refractivity contribution is -0.0504. The molecule has 1 saturated heterocycles. The van der Waals surface area contributed by atoms with Crippen LogP contribution >= 0.6 is 27.5 Å². The molecule has 1 heterocycles. The molecule has 0 aliphatic carbocycles. The summed E-state index contributed by atoms with van der Waals surface area (Å²) in [5.74, 6) is 0. The fourth-order valence-electron chi connectivity index (χ4n) is 1.84. The molecule has 1 aliphatic heterocycles. The Hall–Kier alpha value is -0.130. The lowest BCUT2D eigenvalue weighted by Crippen LogP contribution is -2.28. The van der Waals surface area contributed by atoms with Gasteiger partial charge in [0.2, 0.25) is 0 Å². The summed E-state index contributed by atoms with van der Waals surface area (Å²) in [6, 6.07) is 5.84. The van der Waals surface area contributed by atoms with E-state index >= 15 is 0 Å². The summed E-state index contributed by atoms with van der Waals surface area (Å²) >= 11 is 9.52. The minimum Gasteiger partial charge on any atom is -0.350 e. The van der Waals surface area contributed by atoms with Crippen LogP contribution in [0.5, 0.6) is 0 Å². The molecule has 0 amide bonds. The van der Waals surface area contributed by atoms with Crippen molar-refractivity contribution < 1.29 is 9.47 Å². The van der Waals surface area contributed by atoms with Crippen molar-refractivity contribution in [3.8, 4) is 0 Å². The van der Waals surface area contributed by atoms with E-state index in [-0.39, 0.29) is 12.3 Å². The minimum atomic E-state index is -0.153. The Morgan fingerprint density at radius 1 is 1.41 bits per heavy atom. The highest BCUT2D eigenvalue weighted by atomic mass is 79.9. The van der Waals surface area contributed by atoms with Crippen LogP contribution in [-0.2, 0) is 15.9 Å². The van der Waals surface area contributed by atoms with Gasteiger partial charge in [-0.1, -0.05) is 33.6 Å². The first-order chi connectivity index (χ1) is 8.15. The lowest BCUT2D eigenvalue weighted by atomic mass is 10.0. The third-order valence-corrected chi connectivity index (χ3v) is 3.53. The van der Waals surface area contributed by atoms with Crippen LogP contribution in [0.3, 0.4) is 0 Å². The summed E-state index contributed by atoms with van der Waals surface area (Å²) in [6.45, 7) is 1.33. The van der Waals surface area contributed by atoms with E-state index in [0.717, 1.165) is 21.5 Å². The van der Waals surface area contributed by atoms with Gasteiger partial charge >= 0.3 is 0 Å². The maximum Gasteiger partial charge on any atom is 0.159 e. The molecule has 1 aromatic rings. The van der Waals surface area contributed by atoms with E-state index in [0.29, 0.717) is 19.6 Å². The van der Waals surface area contributed by atoms with E-state index in [2.05, 4.69) is 15.9 Å². The number of benzene rings is 1. The third-order valence-electron chi connectivity index (χ3n) is 2.68. The molecule has 0 aromatic heterocycles. The Morgan fingerprint density at radius 3 is 2.76 bits per heavy atom. The molecule has 94 valence electrons. The highest BCUT2D eigenvalue weighted by Gasteiger charge is 2.19. The van der Waals surface area contributed by atoms with Crippen molar-refractivity contribution in [2.75, 3.05) is 13.2 Å². The topological polar surface area (TPSA) is 44.5 Å². The molecule has 0 saturated carbocycles. The number of ether oxygens (including phenoxy) is 2. The van der Waals surface area contributed by atoms with Gasteiger partial charge < -0.3 is 15.2 Å². The van der Waals surface area contributed by atoms with Crippen molar-refractivity contribution in [3.63, 3.8) is 0 Å². The quantitative estimate of drug-likeness (QED) is 0.928.